The Bertz CT molecular complexity index is 1630. The Balaban J connectivity index is 1.53. The van der Waals surface area contributed by atoms with Gasteiger partial charge >= 0.3 is 11.9 Å². The lowest BCUT2D eigenvalue weighted by Gasteiger charge is -2.11. The van der Waals surface area contributed by atoms with E-state index < -0.39 is 18.5 Å². The van der Waals surface area contributed by atoms with Crippen LogP contribution in [0, 0.1) is 6.92 Å². The van der Waals surface area contributed by atoms with E-state index >= 15 is 0 Å². The number of ether oxygens (including phenoxy) is 1. The summed E-state index contributed by atoms with van der Waals surface area (Å²) in [5, 5.41) is 22.7. The maximum Gasteiger partial charge on any atom is 0.352 e. The molecule has 4 aromatic carbocycles. The van der Waals surface area contributed by atoms with Gasteiger partial charge in [0.25, 0.3) is 0 Å². The SMILES string of the molecule is Cc1ccccc1-c1cccc2c(CCCOc3cccc4ccccc34)c(C(=O)O)n(CC(=O)O)c12. The summed E-state index contributed by atoms with van der Waals surface area (Å²) in [7, 11) is 0. The van der Waals surface area contributed by atoms with Crippen molar-refractivity contribution in [3.8, 4) is 16.9 Å². The summed E-state index contributed by atoms with van der Waals surface area (Å²) >= 11 is 0. The summed E-state index contributed by atoms with van der Waals surface area (Å²) < 4.78 is 7.52. The minimum absolute atomic E-state index is 0.0172. The molecule has 6 heteroatoms. The van der Waals surface area contributed by atoms with Crippen molar-refractivity contribution in [2.75, 3.05) is 6.61 Å². The highest BCUT2D eigenvalue weighted by Crippen LogP contribution is 2.36. The number of para-hydroxylation sites is 1. The molecule has 5 aromatic rings. The Hall–Kier alpha value is -4.58. The van der Waals surface area contributed by atoms with Crippen LogP contribution in [0.25, 0.3) is 32.8 Å². The number of fused-ring (bicyclic) bond motifs is 2. The van der Waals surface area contributed by atoms with Gasteiger partial charge in [0.1, 0.15) is 18.0 Å². The fourth-order valence-electron chi connectivity index (χ4n) is 5.12. The number of carbonyl (C=O) groups is 2. The topological polar surface area (TPSA) is 88.8 Å². The van der Waals surface area contributed by atoms with Crippen LogP contribution in [-0.2, 0) is 17.8 Å². The largest absolute Gasteiger partial charge is 0.493 e. The molecule has 37 heavy (non-hydrogen) atoms. The molecule has 0 saturated carbocycles. The third-order valence-corrected chi connectivity index (χ3v) is 6.70. The van der Waals surface area contributed by atoms with Gasteiger partial charge in [0.2, 0.25) is 0 Å². The van der Waals surface area contributed by atoms with Gasteiger partial charge in [-0.05, 0) is 47.9 Å². The molecule has 0 aliphatic heterocycles. The van der Waals surface area contributed by atoms with E-state index in [-0.39, 0.29) is 5.69 Å². The van der Waals surface area contributed by atoms with Crippen LogP contribution < -0.4 is 4.74 Å². The average molecular weight is 494 g/mol. The Labute approximate surface area is 214 Å². The molecule has 0 unspecified atom stereocenters. The normalized spacial score (nSPS) is 11.2. The zero-order valence-electron chi connectivity index (χ0n) is 20.5. The summed E-state index contributed by atoms with van der Waals surface area (Å²) in [6.45, 7) is 1.95. The van der Waals surface area contributed by atoms with Crippen molar-refractivity contribution in [2.45, 2.75) is 26.3 Å². The lowest BCUT2D eigenvalue weighted by atomic mass is 9.97. The van der Waals surface area contributed by atoms with Crippen LogP contribution >= 0.6 is 0 Å². The van der Waals surface area contributed by atoms with Gasteiger partial charge in [-0.15, -0.1) is 0 Å². The number of carboxylic acids is 2. The minimum Gasteiger partial charge on any atom is -0.493 e. The molecule has 0 spiro atoms. The van der Waals surface area contributed by atoms with Gasteiger partial charge in [0, 0.05) is 16.3 Å². The minimum atomic E-state index is -1.14. The van der Waals surface area contributed by atoms with Crippen LogP contribution in [0.1, 0.15) is 28.0 Å². The highest BCUT2D eigenvalue weighted by molar-refractivity contribution is 6.04. The Morgan fingerprint density at radius 3 is 2.27 bits per heavy atom. The second-order valence-electron chi connectivity index (χ2n) is 9.06. The van der Waals surface area contributed by atoms with Crippen LogP contribution in [0.3, 0.4) is 0 Å². The van der Waals surface area contributed by atoms with Gasteiger partial charge < -0.3 is 19.5 Å². The van der Waals surface area contributed by atoms with E-state index in [4.69, 9.17) is 4.74 Å². The van der Waals surface area contributed by atoms with E-state index in [0.717, 1.165) is 38.6 Å². The van der Waals surface area contributed by atoms with Crippen molar-refractivity contribution in [2.24, 2.45) is 0 Å². The number of hydrogen-bond donors (Lipinski definition) is 2. The van der Waals surface area contributed by atoms with Gasteiger partial charge in [-0.1, -0.05) is 78.9 Å². The van der Waals surface area contributed by atoms with Crippen molar-refractivity contribution in [1.82, 2.24) is 4.57 Å². The summed E-state index contributed by atoms with van der Waals surface area (Å²) in [5.74, 6) is -1.45. The fraction of sp³-hybridized carbons (Fsp3) is 0.161. The van der Waals surface area contributed by atoms with Crippen molar-refractivity contribution in [1.29, 1.82) is 0 Å². The van der Waals surface area contributed by atoms with Crippen LogP contribution in [0.2, 0.25) is 0 Å². The molecule has 1 heterocycles. The first-order valence-corrected chi connectivity index (χ1v) is 12.2. The molecule has 0 bridgehead atoms. The smallest absolute Gasteiger partial charge is 0.352 e. The van der Waals surface area contributed by atoms with Crippen LogP contribution in [0.15, 0.2) is 84.9 Å². The number of aryl methyl sites for hydroxylation is 2. The van der Waals surface area contributed by atoms with E-state index in [0.29, 0.717) is 30.5 Å². The molecule has 0 fully saturated rings. The Morgan fingerprint density at radius 1 is 0.811 bits per heavy atom. The maximum atomic E-state index is 12.5. The first-order valence-electron chi connectivity index (χ1n) is 12.2. The zero-order valence-corrected chi connectivity index (χ0v) is 20.5. The summed E-state index contributed by atoms with van der Waals surface area (Å²) in [6, 6.07) is 27.4. The van der Waals surface area contributed by atoms with Crippen LogP contribution in [0.5, 0.6) is 5.75 Å². The molecule has 2 N–H and O–H groups in total. The lowest BCUT2D eigenvalue weighted by molar-refractivity contribution is -0.137. The second-order valence-corrected chi connectivity index (χ2v) is 9.06. The van der Waals surface area contributed by atoms with Crippen molar-refractivity contribution >= 4 is 33.6 Å². The monoisotopic (exact) mass is 493 g/mol. The summed E-state index contributed by atoms with van der Waals surface area (Å²) in [6.07, 6.45) is 1.01. The standard InChI is InChI=1S/C31H27NO5/c1-20-9-2-4-12-22(20)24-14-7-15-25-26(30(31(35)36)32(29(24)25)19-28(33)34)16-8-18-37-27-17-6-11-21-10-3-5-13-23(21)27/h2-7,9-15,17H,8,16,18-19H2,1H3,(H,33,34)(H,35,36). The molecule has 186 valence electrons. The summed E-state index contributed by atoms with van der Waals surface area (Å²) in [5.41, 5.74) is 4.06. The number of nitrogens with zero attached hydrogens (tertiary/aromatic N) is 1. The van der Waals surface area contributed by atoms with Gasteiger partial charge in [-0.3, -0.25) is 4.79 Å². The quantitative estimate of drug-likeness (QED) is 0.227. The Kier molecular flexibility index (Phi) is 6.64. The van der Waals surface area contributed by atoms with Gasteiger partial charge in [-0.25, -0.2) is 4.79 Å². The van der Waals surface area contributed by atoms with Crippen molar-refractivity contribution in [3.05, 3.63) is 102 Å². The molecule has 0 radical (unpaired) electrons. The number of aliphatic carboxylic acids is 1. The molecular weight excluding hydrogens is 466 g/mol. The third kappa shape index (κ3) is 4.66. The number of aromatic carboxylic acids is 1. The fourth-order valence-corrected chi connectivity index (χ4v) is 5.12. The zero-order chi connectivity index (χ0) is 25.9. The van der Waals surface area contributed by atoms with E-state index in [9.17, 15) is 19.8 Å². The first kappa shape index (κ1) is 24.1. The second kappa shape index (κ2) is 10.2. The third-order valence-electron chi connectivity index (χ3n) is 6.70. The van der Waals surface area contributed by atoms with E-state index in [1.165, 1.54) is 4.57 Å². The lowest BCUT2D eigenvalue weighted by Crippen LogP contribution is -2.16. The average Bonchev–Trinajstić information content (AvgIpc) is 3.20. The predicted molar refractivity (Wildman–Crippen MR) is 144 cm³/mol. The molecular formula is C31H27NO5. The van der Waals surface area contributed by atoms with Gasteiger partial charge in [0.05, 0.1) is 12.1 Å². The molecule has 5 rings (SSSR count). The van der Waals surface area contributed by atoms with Crippen molar-refractivity contribution in [3.63, 3.8) is 0 Å². The highest BCUT2D eigenvalue weighted by Gasteiger charge is 2.25. The first-order chi connectivity index (χ1) is 18.0. The molecule has 6 nitrogen and oxygen atoms in total. The van der Waals surface area contributed by atoms with Crippen LogP contribution in [0.4, 0.5) is 0 Å². The van der Waals surface area contributed by atoms with E-state index in [2.05, 4.69) is 0 Å². The Morgan fingerprint density at radius 2 is 1.49 bits per heavy atom. The molecule has 0 saturated heterocycles. The van der Waals surface area contributed by atoms with E-state index in [1.807, 2.05) is 91.9 Å². The summed E-state index contributed by atoms with van der Waals surface area (Å²) in [4.78, 5) is 24.3. The van der Waals surface area contributed by atoms with Gasteiger partial charge in [-0.2, -0.15) is 0 Å². The molecule has 0 amide bonds. The highest BCUT2D eigenvalue weighted by atomic mass is 16.5. The molecule has 0 atom stereocenters. The maximum absolute atomic E-state index is 12.5. The number of carboxylic acid groups (broad SMARTS) is 2. The molecule has 0 aliphatic rings. The number of hydrogen-bond acceptors (Lipinski definition) is 3. The predicted octanol–water partition coefficient (Wildman–Crippen LogP) is 6.56. The number of benzene rings is 4. The van der Waals surface area contributed by atoms with Crippen LogP contribution in [-0.4, -0.2) is 33.3 Å². The number of aromatic nitrogens is 1. The van der Waals surface area contributed by atoms with E-state index in [1.54, 1.807) is 0 Å². The molecule has 0 aliphatic carbocycles. The molecule has 1 aromatic heterocycles. The van der Waals surface area contributed by atoms with Gasteiger partial charge in [0.15, 0.2) is 0 Å². The van der Waals surface area contributed by atoms with Crippen molar-refractivity contribution < 1.29 is 24.5 Å². The number of rotatable bonds is 9.